The van der Waals surface area contributed by atoms with Gasteiger partial charge in [-0.15, -0.1) is 0 Å². The Kier molecular flexibility index (Phi) is 8.81. The number of likely N-dealkylation sites (tertiary alicyclic amines) is 1. The molecule has 2 atom stereocenters. The summed E-state index contributed by atoms with van der Waals surface area (Å²) in [6, 6.07) is 13.2. The van der Waals surface area contributed by atoms with Crippen LogP contribution in [0.5, 0.6) is 0 Å². The highest BCUT2D eigenvalue weighted by molar-refractivity contribution is 7.92. The minimum Gasteiger partial charge on any atom is -0.444 e. The highest BCUT2D eigenvalue weighted by atomic mass is 32.2. The fraction of sp³-hybridized carbons (Fsp3) is 0.344. The molecule has 3 heterocycles. The number of aryl methyl sites for hydroxylation is 1. The second kappa shape index (κ2) is 12.5. The molecule has 0 spiro atoms. The summed E-state index contributed by atoms with van der Waals surface area (Å²) in [6.07, 6.45) is 0.808. The van der Waals surface area contributed by atoms with E-state index in [-0.39, 0.29) is 36.8 Å². The van der Waals surface area contributed by atoms with E-state index < -0.39 is 39.7 Å². The molecule has 46 heavy (non-hydrogen) atoms. The molecule has 1 aliphatic heterocycles. The van der Waals surface area contributed by atoms with Crippen LogP contribution in [0.25, 0.3) is 22.3 Å². The van der Waals surface area contributed by atoms with Crippen LogP contribution < -0.4 is 9.62 Å². The van der Waals surface area contributed by atoms with Crippen LogP contribution >= 0.6 is 0 Å². The fourth-order valence-electron chi connectivity index (χ4n) is 5.21. The van der Waals surface area contributed by atoms with E-state index in [1.165, 1.54) is 47.5 Å². The zero-order valence-corrected chi connectivity index (χ0v) is 26.8. The van der Waals surface area contributed by atoms with Gasteiger partial charge in [-0.2, -0.15) is 5.26 Å². The number of hydrogen-bond donors (Lipinski definition) is 1. The van der Waals surface area contributed by atoms with Gasteiger partial charge in [-0.05, 0) is 75.7 Å². The second-order valence-corrected chi connectivity index (χ2v) is 14.0. The summed E-state index contributed by atoms with van der Waals surface area (Å²) in [6.45, 7) is 7.23. The van der Waals surface area contributed by atoms with Gasteiger partial charge in [-0.1, -0.05) is 6.07 Å². The number of piperidine rings is 1. The van der Waals surface area contributed by atoms with E-state index in [0.29, 0.717) is 33.4 Å². The summed E-state index contributed by atoms with van der Waals surface area (Å²) in [4.78, 5) is 27.4. The number of hydrogen-bond acceptors (Lipinski definition) is 9. The number of rotatable bonds is 6. The zero-order valence-electron chi connectivity index (χ0n) is 26.0. The van der Waals surface area contributed by atoms with E-state index in [0.717, 1.165) is 10.6 Å². The highest BCUT2D eigenvalue weighted by Gasteiger charge is 2.33. The SMILES string of the molecule is Cc1cc(-c2ccc(N(c3ccc(C#N)cc3)S(C)(=O)=O)c(F)c2)nc2cnc(N[C@H]3C[C@H](F)CN(C(=O)OC(C)(C)C)C3)nc12. The molecule has 1 N–H and O–H groups in total. The van der Waals surface area contributed by atoms with Gasteiger partial charge in [-0.25, -0.2) is 41.3 Å². The Morgan fingerprint density at radius 2 is 1.85 bits per heavy atom. The van der Waals surface area contributed by atoms with Crippen molar-refractivity contribution in [2.45, 2.75) is 51.9 Å². The van der Waals surface area contributed by atoms with Crippen molar-refractivity contribution in [3.05, 3.63) is 71.7 Å². The van der Waals surface area contributed by atoms with Crippen LogP contribution in [0.4, 0.5) is 30.9 Å². The summed E-state index contributed by atoms with van der Waals surface area (Å²) in [5, 5.41) is 12.2. The largest absolute Gasteiger partial charge is 0.444 e. The molecule has 1 amide bonds. The van der Waals surface area contributed by atoms with Crippen LogP contribution in [-0.4, -0.2) is 71.5 Å². The topological polar surface area (TPSA) is 141 Å². The maximum absolute atomic E-state index is 15.5. The lowest BCUT2D eigenvalue weighted by Crippen LogP contribution is -2.51. The van der Waals surface area contributed by atoms with Gasteiger partial charge in [0.15, 0.2) is 0 Å². The molecule has 11 nitrogen and oxygen atoms in total. The Morgan fingerprint density at radius 1 is 1.13 bits per heavy atom. The zero-order chi connectivity index (χ0) is 33.4. The summed E-state index contributed by atoms with van der Waals surface area (Å²) < 4.78 is 61.7. The molecule has 0 unspecified atom stereocenters. The number of carbonyl (C=O) groups is 1. The average molecular weight is 650 g/mol. The van der Waals surface area contributed by atoms with Crippen LogP contribution in [0.2, 0.25) is 0 Å². The number of nitrogens with one attached hydrogen (secondary N) is 1. The van der Waals surface area contributed by atoms with Gasteiger partial charge < -0.3 is 15.0 Å². The third kappa shape index (κ3) is 7.31. The summed E-state index contributed by atoms with van der Waals surface area (Å²) in [5.41, 5.74) is 2.13. The number of ether oxygens (including phenoxy) is 1. The highest BCUT2D eigenvalue weighted by Crippen LogP contribution is 2.34. The lowest BCUT2D eigenvalue weighted by molar-refractivity contribution is 0.0124. The van der Waals surface area contributed by atoms with Crippen molar-refractivity contribution in [1.82, 2.24) is 19.9 Å². The summed E-state index contributed by atoms with van der Waals surface area (Å²) in [7, 11) is -3.93. The van der Waals surface area contributed by atoms with Gasteiger partial charge >= 0.3 is 6.09 Å². The van der Waals surface area contributed by atoms with Gasteiger partial charge in [0.2, 0.25) is 16.0 Å². The van der Waals surface area contributed by atoms with E-state index in [2.05, 4.69) is 20.3 Å². The number of halogens is 2. The first-order valence-electron chi connectivity index (χ1n) is 14.4. The quantitative estimate of drug-likeness (QED) is 0.272. The predicted octanol–water partition coefficient (Wildman–Crippen LogP) is 5.87. The number of pyridine rings is 1. The van der Waals surface area contributed by atoms with Crippen LogP contribution in [0.1, 0.15) is 38.3 Å². The first-order chi connectivity index (χ1) is 21.6. The van der Waals surface area contributed by atoms with Crippen molar-refractivity contribution in [3.8, 4) is 17.3 Å². The van der Waals surface area contributed by atoms with Gasteiger partial charge in [-0.3, -0.25) is 0 Å². The molecule has 0 aliphatic carbocycles. The normalized spacial score (nSPS) is 17.0. The van der Waals surface area contributed by atoms with E-state index >= 15 is 4.39 Å². The number of fused-ring (bicyclic) bond motifs is 1. The molecule has 0 bridgehead atoms. The molecule has 2 aromatic carbocycles. The minimum absolute atomic E-state index is 0.0548. The van der Waals surface area contributed by atoms with Crippen LogP contribution in [-0.2, 0) is 14.8 Å². The third-order valence-electron chi connectivity index (χ3n) is 7.15. The Hall–Kier alpha value is -4.90. The molecule has 1 saturated heterocycles. The van der Waals surface area contributed by atoms with Gasteiger partial charge in [0.25, 0.3) is 0 Å². The number of amides is 1. The van der Waals surface area contributed by atoms with Gasteiger partial charge in [0.05, 0.1) is 53.2 Å². The Balaban J connectivity index is 1.38. The van der Waals surface area contributed by atoms with E-state index in [4.69, 9.17) is 10.00 Å². The molecule has 5 rings (SSSR count). The molecule has 240 valence electrons. The van der Waals surface area contributed by atoms with Crippen molar-refractivity contribution in [1.29, 1.82) is 5.26 Å². The third-order valence-corrected chi connectivity index (χ3v) is 8.22. The monoisotopic (exact) mass is 649 g/mol. The lowest BCUT2D eigenvalue weighted by atomic mass is 10.0. The predicted molar refractivity (Wildman–Crippen MR) is 170 cm³/mol. The number of sulfonamides is 1. The number of benzene rings is 2. The Bertz CT molecular complexity index is 1940. The van der Waals surface area contributed by atoms with Crippen molar-refractivity contribution >= 4 is 44.5 Å². The number of alkyl halides is 1. The van der Waals surface area contributed by atoms with Crippen LogP contribution in [0.3, 0.4) is 0 Å². The molecule has 0 radical (unpaired) electrons. The molecule has 14 heteroatoms. The number of carbonyl (C=O) groups excluding carboxylic acids is 1. The number of anilines is 3. The van der Waals surface area contributed by atoms with Crippen LogP contribution in [0.15, 0.2) is 54.7 Å². The maximum atomic E-state index is 15.5. The van der Waals surface area contributed by atoms with E-state index in [1.807, 2.05) is 13.0 Å². The minimum atomic E-state index is -3.93. The summed E-state index contributed by atoms with van der Waals surface area (Å²) >= 11 is 0. The first-order valence-corrected chi connectivity index (χ1v) is 16.3. The number of nitrogens with zero attached hydrogens (tertiary/aromatic N) is 6. The molecular formula is C32H33F2N7O4S. The number of nitriles is 1. The molecule has 2 aromatic heterocycles. The molecule has 4 aromatic rings. The van der Waals surface area contributed by atoms with Crippen molar-refractivity contribution in [2.24, 2.45) is 0 Å². The van der Waals surface area contributed by atoms with Gasteiger partial charge in [0, 0.05) is 24.6 Å². The van der Waals surface area contributed by atoms with Crippen molar-refractivity contribution in [2.75, 3.05) is 29.0 Å². The Labute approximate surface area is 265 Å². The first kappa shape index (κ1) is 32.5. The Morgan fingerprint density at radius 3 is 2.48 bits per heavy atom. The van der Waals surface area contributed by atoms with Gasteiger partial charge in [0.1, 0.15) is 23.1 Å². The summed E-state index contributed by atoms with van der Waals surface area (Å²) in [5.74, 6) is -0.547. The molecular weight excluding hydrogens is 616 g/mol. The molecule has 0 saturated carbocycles. The lowest BCUT2D eigenvalue weighted by Gasteiger charge is -2.36. The second-order valence-electron chi connectivity index (χ2n) is 12.2. The van der Waals surface area contributed by atoms with E-state index in [1.54, 1.807) is 32.9 Å². The van der Waals surface area contributed by atoms with Crippen molar-refractivity contribution < 1.29 is 26.7 Å². The molecule has 1 aliphatic rings. The van der Waals surface area contributed by atoms with E-state index in [9.17, 15) is 17.6 Å². The standard InChI is InChI=1S/C32H33F2N7O4S/c1-19-12-26(21-8-11-28(25(34)13-21)41(46(5,43)44)24-9-6-20(15-35)7-10-24)38-27-16-36-30(39-29(19)27)37-23-14-22(33)17-40(18-23)31(42)45-32(2,3)4/h6-13,16,22-23H,14,17-18H2,1-5H3,(H,36,37,39)/t22-,23-/m0/s1. The van der Waals surface area contributed by atoms with Crippen molar-refractivity contribution in [3.63, 3.8) is 0 Å². The molecule has 1 fully saturated rings. The fourth-order valence-corrected chi connectivity index (χ4v) is 6.22. The van der Waals surface area contributed by atoms with Crippen LogP contribution in [0, 0.1) is 24.1 Å². The average Bonchev–Trinajstić information content (AvgIpc) is 2.97. The number of aromatic nitrogens is 3. The smallest absolute Gasteiger partial charge is 0.410 e. The maximum Gasteiger partial charge on any atom is 0.410 e.